The molecule has 4 aromatic rings. The van der Waals surface area contributed by atoms with Crippen LogP contribution in [0, 0.1) is 0 Å². The highest BCUT2D eigenvalue weighted by Crippen LogP contribution is 2.39. The molecular formula is C39H47N3O. The summed E-state index contributed by atoms with van der Waals surface area (Å²) in [4.78, 5) is 17.4. The Balaban J connectivity index is 2.06. The molecule has 4 nitrogen and oxygen atoms in total. The van der Waals surface area contributed by atoms with Crippen LogP contribution in [0.3, 0.4) is 0 Å². The standard InChI is InChI=1S/C39H47N3O/c1-26(2)32-22-16-23-33(27(3)4)36(32)41-39(31-20-14-11-15-21-31)43-42(38(40-9)30-18-12-10-13-19-30)37-34(28(5)6)24-17-25-35(37)29(7)8/h10-29H,1-9H3. The van der Waals surface area contributed by atoms with Crippen LogP contribution in [0.25, 0.3) is 0 Å². The first-order valence-corrected chi connectivity index (χ1v) is 15.5. The topological polar surface area (TPSA) is 37.2 Å². The number of aliphatic imine (C=N–C) groups is 2. The lowest BCUT2D eigenvalue weighted by Crippen LogP contribution is -2.36. The predicted molar refractivity (Wildman–Crippen MR) is 184 cm³/mol. The van der Waals surface area contributed by atoms with E-state index in [1.165, 1.54) is 22.3 Å². The van der Waals surface area contributed by atoms with Gasteiger partial charge in [-0.05, 0) is 58.1 Å². The molecular weight excluding hydrogens is 526 g/mol. The Labute approximate surface area is 259 Å². The van der Waals surface area contributed by atoms with Crippen LogP contribution in [-0.4, -0.2) is 18.8 Å². The summed E-state index contributed by atoms with van der Waals surface area (Å²) >= 11 is 0. The zero-order chi connectivity index (χ0) is 31.1. The molecule has 4 rings (SSSR count). The third-order valence-electron chi connectivity index (χ3n) is 7.74. The van der Waals surface area contributed by atoms with Crippen LogP contribution >= 0.6 is 0 Å². The van der Waals surface area contributed by atoms with Gasteiger partial charge >= 0.3 is 0 Å². The van der Waals surface area contributed by atoms with Crippen molar-refractivity contribution < 1.29 is 4.84 Å². The van der Waals surface area contributed by atoms with Gasteiger partial charge in [-0.25, -0.2) is 4.99 Å². The molecule has 0 aromatic heterocycles. The maximum atomic E-state index is 7.14. The second kappa shape index (κ2) is 14.3. The summed E-state index contributed by atoms with van der Waals surface area (Å²) in [7, 11) is 1.83. The highest BCUT2D eigenvalue weighted by Gasteiger charge is 2.28. The van der Waals surface area contributed by atoms with Crippen molar-refractivity contribution in [1.29, 1.82) is 0 Å². The van der Waals surface area contributed by atoms with Crippen molar-refractivity contribution >= 4 is 23.1 Å². The number of hydroxylamine groups is 1. The van der Waals surface area contributed by atoms with E-state index in [1.54, 1.807) is 0 Å². The first-order chi connectivity index (χ1) is 20.6. The molecule has 4 heteroatoms. The fourth-order valence-corrected chi connectivity index (χ4v) is 5.41. The fourth-order valence-electron chi connectivity index (χ4n) is 5.41. The first-order valence-electron chi connectivity index (χ1n) is 15.5. The molecule has 0 amide bonds. The minimum atomic E-state index is 0.264. The number of nitrogens with zero attached hydrogens (tertiary/aromatic N) is 3. The van der Waals surface area contributed by atoms with Crippen molar-refractivity contribution in [2.24, 2.45) is 9.98 Å². The van der Waals surface area contributed by atoms with Gasteiger partial charge in [0.1, 0.15) is 0 Å². The monoisotopic (exact) mass is 573 g/mol. The van der Waals surface area contributed by atoms with Crippen LogP contribution in [-0.2, 0) is 4.84 Å². The number of amidine groups is 1. The molecule has 0 aliphatic rings. The van der Waals surface area contributed by atoms with Crippen LogP contribution in [0.2, 0.25) is 0 Å². The molecule has 0 saturated heterocycles. The minimum Gasteiger partial charge on any atom is -0.352 e. The van der Waals surface area contributed by atoms with Crippen LogP contribution in [0.5, 0.6) is 0 Å². The van der Waals surface area contributed by atoms with Crippen molar-refractivity contribution in [2.75, 3.05) is 12.1 Å². The molecule has 0 unspecified atom stereocenters. The van der Waals surface area contributed by atoms with Crippen LogP contribution < -0.4 is 5.06 Å². The molecule has 0 N–H and O–H groups in total. The number of hydrogen-bond acceptors (Lipinski definition) is 3. The summed E-state index contributed by atoms with van der Waals surface area (Å²) in [6, 6.07) is 33.5. The van der Waals surface area contributed by atoms with Crippen LogP contribution in [0.1, 0.15) is 112 Å². The SMILES string of the molecule is CN=C(c1ccccc1)N(OC(=Nc1c(C(C)C)cccc1C(C)C)c1ccccc1)c1c(C(C)C)cccc1C(C)C. The Morgan fingerprint density at radius 3 is 1.37 bits per heavy atom. The molecule has 0 aliphatic carbocycles. The molecule has 0 atom stereocenters. The van der Waals surface area contributed by atoms with Gasteiger partial charge in [0.05, 0.1) is 11.4 Å². The Bertz CT molecular complexity index is 1500. The number of rotatable bonds is 8. The number of hydrogen-bond donors (Lipinski definition) is 0. The second-order valence-electron chi connectivity index (χ2n) is 12.3. The smallest absolute Gasteiger partial charge is 0.254 e. The van der Waals surface area contributed by atoms with Crippen molar-refractivity contribution in [1.82, 2.24) is 0 Å². The van der Waals surface area contributed by atoms with E-state index >= 15 is 0 Å². The third kappa shape index (κ3) is 7.25. The molecule has 0 spiro atoms. The maximum Gasteiger partial charge on any atom is 0.254 e. The Morgan fingerprint density at radius 1 is 0.535 bits per heavy atom. The van der Waals surface area contributed by atoms with E-state index in [4.69, 9.17) is 14.8 Å². The van der Waals surface area contributed by atoms with E-state index in [9.17, 15) is 0 Å². The second-order valence-corrected chi connectivity index (χ2v) is 12.3. The maximum absolute atomic E-state index is 7.14. The van der Waals surface area contributed by atoms with Gasteiger partial charge in [-0.15, -0.1) is 0 Å². The summed E-state index contributed by atoms with van der Waals surface area (Å²) in [6.45, 7) is 17.8. The molecule has 224 valence electrons. The van der Waals surface area contributed by atoms with Gasteiger partial charge in [0.2, 0.25) is 0 Å². The zero-order valence-corrected chi connectivity index (χ0v) is 27.3. The predicted octanol–water partition coefficient (Wildman–Crippen LogP) is 10.8. The lowest BCUT2D eigenvalue weighted by atomic mass is 9.92. The lowest BCUT2D eigenvalue weighted by molar-refractivity contribution is 0.320. The summed E-state index contributed by atoms with van der Waals surface area (Å²) in [5.41, 5.74) is 8.65. The van der Waals surface area contributed by atoms with E-state index in [-0.39, 0.29) is 11.8 Å². The Morgan fingerprint density at radius 2 is 0.953 bits per heavy atom. The minimum absolute atomic E-state index is 0.264. The van der Waals surface area contributed by atoms with E-state index in [0.29, 0.717) is 17.7 Å². The van der Waals surface area contributed by atoms with Crippen LogP contribution in [0.15, 0.2) is 107 Å². The zero-order valence-electron chi connectivity index (χ0n) is 27.3. The van der Waals surface area contributed by atoms with Gasteiger partial charge in [0.25, 0.3) is 5.90 Å². The number of anilines is 1. The average molecular weight is 574 g/mol. The van der Waals surface area contributed by atoms with E-state index < -0.39 is 0 Å². The Hall–Kier alpha value is -4.18. The highest BCUT2D eigenvalue weighted by molar-refractivity contribution is 6.11. The molecule has 0 heterocycles. The van der Waals surface area contributed by atoms with Gasteiger partial charge < -0.3 is 4.84 Å². The van der Waals surface area contributed by atoms with Gasteiger partial charge in [-0.3, -0.25) is 4.99 Å². The largest absolute Gasteiger partial charge is 0.352 e. The molecule has 0 radical (unpaired) electrons. The molecule has 0 aliphatic heterocycles. The lowest BCUT2D eigenvalue weighted by Gasteiger charge is -2.32. The third-order valence-corrected chi connectivity index (χ3v) is 7.74. The summed E-state index contributed by atoms with van der Waals surface area (Å²) < 4.78 is 0. The van der Waals surface area contributed by atoms with E-state index in [2.05, 4.69) is 116 Å². The van der Waals surface area contributed by atoms with Gasteiger partial charge in [0, 0.05) is 18.2 Å². The molecule has 0 fully saturated rings. The highest BCUT2D eigenvalue weighted by atomic mass is 16.7. The quantitative estimate of drug-likeness (QED) is 0.119. The van der Waals surface area contributed by atoms with Gasteiger partial charge in [-0.2, -0.15) is 5.06 Å². The van der Waals surface area contributed by atoms with Crippen molar-refractivity contribution in [2.45, 2.75) is 79.1 Å². The summed E-state index contributed by atoms with van der Waals surface area (Å²) in [6.07, 6.45) is 0. The van der Waals surface area contributed by atoms with Crippen molar-refractivity contribution in [3.05, 3.63) is 130 Å². The van der Waals surface area contributed by atoms with E-state index in [1.807, 2.05) is 48.5 Å². The first kappa shape index (κ1) is 31.7. The Kier molecular flexibility index (Phi) is 10.6. The molecule has 0 saturated carbocycles. The van der Waals surface area contributed by atoms with Crippen LogP contribution in [0.4, 0.5) is 11.4 Å². The average Bonchev–Trinajstić information content (AvgIpc) is 3.00. The summed E-state index contributed by atoms with van der Waals surface area (Å²) in [5, 5.41) is 1.93. The molecule has 4 aromatic carbocycles. The normalized spacial score (nSPS) is 12.5. The molecule has 43 heavy (non-hydrogen) atoms. The van der Waals surface area contributed by atoms with Crippen molar-refractivity contribution in [3.63, 3.8) is 0 Å². The van der Waals surface area contributed by atoms with Gasteiger partial charge in [0.15, 0.2) is 5.84 Å². The van der Waals surface area contributed by atoms with Crippen molar-refractivity contribution in [3.8, 4) is 0 Å². The fraction of sp³-hybridized carbons (Fsp3) is 0.333. The van der Waals surface area contributed by atoms with Gasteiger partial charge in [-0.1, -0.05) is 140 Å². The summed E-state index contributed by atoms with van der Waals surface area (Å²) in [5.74, 6) is 2.38. The number of para-hydroxylation sites is 2. The number of benzene rings is 4. The molecule has 0 bridgehead atoms. The van der Waals surface area contributed by atoms with E-state index in [0.717, 1.165) is 28.3 Å².